The zero-order valence-electron chi connectivity index (χ0n) is 12.1. The van der Waals surface area contributed by atoms with Crippen molar-refractivity contribution in [2.24, 2.45) is 0 Å². The summed E-state index contributed by atoms with van der Waals surface area (Å²) in [7, 11) is 3.40. The van der Waals surface area contributed by atoms with Crippen molar-refractivity contribution in [1.29, 1.82) is 5.26 Å². The van der Waals surface area contributed by atoms with Crippen LogP contribution in [0.25, 0.3) is 0 Å². The predicted octanol–water partition coefficient (Wildman–Crippen LogP) is 2.35. The minimum absolute atomic E-state index is 0.257. The number of nitriles is 1. The highest BCUT2D eigenvalue weighted by Crippen LogP contribution is 2.21. The van der Waals surface area contributed by atoms with E-state index in [9.17, 15) is 0 Å². The van der Waals surface area contributed by atoms with Gasteiger partial charge in [0.05, 0.1) is 24.8 Å². The number of benzene rings is 1. The van der Waals surface area contributed by atoms with Crippen LogP contribution in [0.15, 0.2) is 18.2 Å². The van der Waals surface area contributed by atoms with Crippen molar-refractivity contribution in [1.82, 2.24) is 0 Å². The normalized spacial score (nSPS) is 11.9. The molecule has 1 aromatic rings. The lowest BCUT2D eigenvalue weighted by atomic mass is 10.1. The van der Waals surface area contributed by atoms with Crippen molar-refractivity contribution < 1.29 is 9.47 Å². The summed E-state index contributed by atoms with van der Waals surface area (Å²) in [5.41, 5.74) is 2.81. The molecule has 0 heterocycles. The van der Waals surface area contributed by atoms with E-state index in [0.717, 1.165) is 23.4 Å². The highest BCUT2D eigenvalue weighted by Gasteiger charge is 2.15. The van der Waals surface area contributed by atoms with Gasteiger partial charge in [0, 0.05) is 32.5 Å². The number of methoxy groups -OCH3 is 2. The molecule has 0 aliphatic rings. The van der Waals surface area contributed by atoms with Gasteiger partial charge in [-0.15, -0.1) is 0 Å². The van der Waals surface area contributed by atoms with E-state index in [-0.39, 0.29) is 6.04 Å². The minimum atomic E-state index is 0.257. The zero-order valence-corrected chi connectivity index (χ0v) is 12.1. The first-order chi connectivity index (χ1) is 9.13. The van der Waals surface area contributed by atoms with Gasteiger partial charge in [-0.05, 0) is 37.6 Å². The number of anilines is 1. The average molecular weight is 262 g/mol. The van der Waals surface area contributed by atoms with Gasteiger partial charge in [-0.25, -0.2) is 0 Å². The summed E-state index contributed by atoms with van der Waals surface area (Å²) in [6.07, 6.45) is 0. The average Bonchev–Trinajstić information content (AvgIpc) is 2.39. The molecule has 0 spiro atoms. The summed E-state index contributed by atoms with van der Waals surface area (Å²) >= 11 is 0. The minimum Gasteiger partial charge on any atom is -0.383 e. The first-order valence-corrected chi connectivity index (χ1v) is 6.39. The van der Waals surface area contributed by atoms with Crippen molar-refractivity contribution >= 4 is 5.69 Å². The van der Waals surface area contributed by atoms with Crippen LogP contribution in [-0.2, 0) is 9.47 Å². The fourth-order valence-corrected chi connectivity index (χ4v) is 2.08. The molecule has 19 heavy (non-hydrogen) atoms. The second-order valence-corrected chi connectivity index (χ2v) is 4.60. The summed E-state index contributed by atoms with van der Waals surface area (Å²) in [6, 6.07) is 8.33. The largest absolute Gasteiger partial charge is 0.383 e. The van der Waals surface area contributed by atoms with Crippen molar-refractivity contribution in [2.45, 2.75) is 19.9 Å². The molecule has 0 aliphatic heterocycles. The third kappa shape index (κ3) is 4.23. The van der Waals surface area contributed by atoms with Gasteiger partial charge in [-0.1, -0.05) is 0 Å². The third-order valence-electron chi connectivity index (χ3n) is 3.14. The summed E-state index contributed by atoms with van der Waals surface area (Å²) in [6.45, 7) is 6.19. The molecule has 4 heteroatoms. The van der Waals surface area contributed by atoms with Crippen LogP contribution >= 0.6 is 0 Å². The van der Waals surface area contributed by atoms with E-state index in [1.165, 1.54) is 0 Å². The number of nitrogens with zero attached hydrogens (tertiary/aromatic N) is 2. The van der Waals surface area contributed by atoms with Gasteiger partial charge in [0.25, 0.3) is 0 Å². The third-order valence-corrected chi connectivity index (χ3v) is 3.14. The van der Waals surface area contributed by atoms with Crippen molar-refractivity contribution in [3.8, 4) is 6.07 Å². The van der Waals surface area contributed by atoms with Gasteiger partial charge < -0.3 is 14.4 Å². The second-order valence-electron chi connectivity index (χ2n) is 4.60. The molecular weight excluding hydrogens is 240 g/mol. The molecule has 0 aliphatic carbocycles. The van der Waals surface area contributed by atoms with Crippen LogP contribution in [-0.4, -0.2) is 40.0 Å². The Kier molecular flexibility index (Phi) is 6.34. The molecule has 0 bridgehead atoms. The predicted molar refractivity (Wildman–Crippen MR) is 76.5 cm³/mol. The Labute approximate surface area is 115 Å². The molecular formula is C15H22N2O2. The monoisotopic (exact) mass is 262 g/mol. The van der Waals surface area contributed by atoms with Crippen LogP contribution in [0, 0.1) is 18.3 Å². The molecule has 0 fully saturated rings. The maximum atomic E-state index is 8.98. The summed E-state index contributed by atoms with van der Waals surface area (Å²) < 4.78 is 10.4. The molecule has 4 nitrogen and oxygen atoms in total. The molecule has 1 unspecified atom stereocenters. The lowest BCUT2D eigenvalue weighted by molar-refractivity contribution is 0.171. The topological polar surface area (TPSA) is 45.5 Å². The van der Waals surface area contributed by atoms with Gasteiger partial charge in [0.2, 0.25) is 0 Å². The van der Waals surface area contributed by atoms with E-state index in [4.69, 9.17) is 14.7 Å². The lowest BCUT2D eigenvalue weighted by Gasteiger charge is -2.31. The maximum absolute atomic E-state index is 8.98. The molecule has 0 N–H and O–H groups in total. The number of ether oxygens (including phenoxy) is 2. The van der Waals surface area contributed by atoms with Crippen LogP contribution in [0.5, 0.6) is 0 Å². The van der Waals surface area contributed by atoms with Crippen LogP contribution in [0.4, 0.5) is 5.69 Å². The van der Waals surface area contributed by atoms with Gasteiger partial charge in [-0.3, -0.25) is 0 Å². The Balaban J connectivity index is 2.96. The fraction of sp³-hybridized carbons (Fsp3) is 0.533. The second kappa shape index (κ2) is 7.78. The van der Waals surface area contributed by atoms with Crippen LogP contribution in [0.3, 0.4) is 0 Å². The first kappa shape index (κ1) is 15.5. The highest BCUT2D eigenvalue weighted by molar-refractivity contribution is 5.54. The lowest BCUT2D eigenvalue weighted by Crippen LogP contribution is -2.38. The fourth-order valence-electron chi connectivity index (χ4n) is 2.08. The van der Waals surface area contributed by atoms with Crippen molar-refractivity contribution in [3.63, 3.8) is 0 Å². The zero-order chi connectivity index (χ0) is 14.3. The van der Waals surface area contributed by atoms with Crippen molar-refractivity contribution in [2.75, 3.05) is 38.9 Å². The quantitative estimate of drug-likeness (QED) is 0.756. The van der Waals surface area contributed by atoms with E-state index in [1.54, 1.807) is 14.2 Å². The van der Waals surface area contributed by atoms with E-state index in [1.807, 2.05) is 25.1 Å². The molecule has 1 aromatic carbocycles. The van der Waals surface area contributed by atoms with E-state index in [0.29, 0.717) is 13.2 Å². The Morgan fingerprint density at radius 2 is 2.05 bits per heavy atom. The van der Waals surface area contributed by atoms with Gasteiger partial charge >= 0.3 is 0 Å². The highest BCUT2D eigenvalue weighted by atomic mass is 16.5. The molecule has 1 atom stereocenters. The summed E-state index contributed by atoms with van der Waals surface area (Å²) in [5, 5.41) is 8.98. The molecule has 0 saturated heterocycles. The Hall–Kier alpha value is -1.57. The molecule has 0 radical (unpaired) electrons. The van der Waals surface area contributed by atoms with Crippen molar-refractivity contribution in [3.05, 3.63) is 29.3 Å². The van der Waals surface area contributed by atoms with Gasteiger partial charge in [0.1, 0.15) is 0 Å². The number of hydrogen-bond donors (Lipinski definition) is 0. The molecule has 0 saturated carbocycles. The van der Waals surface area contributed by atoms with Crippen LogP contribution < -0.4 is 4.90 Å². The number of hydrogen-bond acceptors (Lipinski definition) is 4. The first-order valence-electron chi connectivity index (χ1n) is 6.39. The van der Waals surface area contributed by atoms with E-state index < -0.39 is 0 Å². The molecule has 104 valence electrons. The smallest absolute Gasteiger partial charge is 0.0994 e. The van der Waals surface area contributed by atoms with Crippen LogP contribution in [0.1, 0.15) is 18.1 Å². The van der Waals surface area contributed by atoms with Gasteiger partial charge in [-0.2, -0.15) is 5.26 Å². The molecule has 1 rings (SSSR count). The van der Waals surface area contributed by atoms with E-state index in [2.05, 4.69) is 17.9 Å². The number of aryl methyl sites for hydroxylation is 1. The SMILES string of the molecule is COCCN(c1ccc(C#N)c(C)c1)C(C)COC. The summed E-state index contributed by atoms with van der Waals surface area (Å²) in [5.74, 6) is 0. The summed E-state index contributed by atoms with van der Waals surface area (Å²) in [4.78, 5) is 2.24. The van der Waals surface area contributed by atoms with Gasteiger partial charge in [0.15, 0.2) is 0 Å². The molecule has 0 amide bonds. The Morgan fingerprint density at radius 3 is 2.58 bits per heavy atom. The standard InChI is InChI=1S/C15H22N2O2/c1-12-9-15(6-5-14(12)10-16)17(7-8-18-3)13(2)11-19-4/h5-6,9,13H,7-8,11H2,1-4H3. The Morgan fingerprint density at radius 1 is 1.32 bits per heavy atom. The maximum Gasteiger partial charge on any atom is 0.0994 e. The molecule has 0 aromatic heterocycles. The number of rotatable bonds is 7. The van der Waals surface area contributed by atoms with Crippen LogP contribution in [0.2, 0.25) is 0 Å². The van der Waals surface area contributed by atoms with E-state index >= 15 is 0 Å². The Bertz CT molecular complexity index is 440.